The monoisotopic (exact) mass is 483 g/mol. The number of sulfonamides is 1. The number of rotatable bonds is 8. The zero-order valence-electron chi connectivity index (χ0n) is 17.6. The second-order valence-electron chi connectivity index (χ2n) is 7.49. The Morgan fingerprint density at radius 2 is 2.09 bits per heavy atom. The predicted octanol–water partition coefficient (Wildman–Crippen LogP) is -0.872. The van der Waals surface area contributed by atoms with Crippen molar-refractivity contribution in [3.63, 3.8) is 0 Å². The number of amides is 3. The molecule has 4 N–H and O–H groups in total. The summed E-state index contributed by atoms with van der Waals surface area (Å²) in [4.78, 5) is 46.3. The summed E-state index contributed by atoms with van der Waals surface area (Å²) in [5.74, 6) is -1.47. The number of primary amides is 1. The van der Waals surface area contributed by atoms with Crippen molar-refractivity contribution < 1.29 is 22.8 Å². The SMILES string of the molecule is Cc1nc(C(=O)N2CCC(NS(=O)(=O)c3cn(C)cn3)CC2C(=O)NCCC(N)=O)cs1. The number of carbonyl (C=O) groups is 3. The topological polar surface area (TPSA) is 169 Å². The second-order valence-corrected chi connectivity index (χ2v) is 10.2. The summed E-state index contributed by atoms with van der Waals surface area (Å²) in [5, 5.41) is 4.81. The number of aryl methyl sites for hydroxylation is 2. The Morgan fingerprint density at radius 3 is 2.69 bits per heavy atom. The first kappa shape index (κ1) is 23.8. The summed E-state index contributed by atoms with van der Waals surface area (Å²) in [5.41, 5.74) is 5.34. The van der Waals surface area contributed by atoms with Crippen molar-refractivity contribution >= 4 is 39.1 Å². The van der Waals surface area contributed by atoms with E-state index in [0.29, 0.717) is 11.4 Å². The highest BCUT2D eigenvalue weighted by Crippen LogP contribution is 2.23. The minimum Gasteiger partial charge on any atom is -0.370 e. The first-order valence-electron chi connectivity index (χ1n) is 9.86. The molecule has 0 saturated carbocycles. The fraction of sp³-hybridized carbons (Fsp3) is 0.500. The predicted molar refractivity (Wildman–Crippen MR) is 115 cm³/mol. The molecule has 3 heterocycles. The fourth-order valence-electron chi connectivity index (χ4n) is 3.41. The Bertz CT molecular complexity index is 1110. The molecule has 1 aliphatic heterocycles. The molecule has 2 unspecified atom stereocenters. The van der Waals surface area contributed by atoms with Gasteiger partial charge in [-0.3, -0.25) is 14.4 Å². The molecule has 1 fully saturated rings. The third-order valence-electron chi connectivity index (χ3n) is 4.95. The molecule has 32 heavy (non-hydrogen) atoms. The zero-order valence-corrected chi connectivity index (χ0v) is 19.3. The van der Waals surface area contributed by atoms with Crippen molar-refractivity contribution in [2.24, 2.45) is 12.8 Å². The molecule has 0 spiro atoms. The van der Waals surface area contributed by atoms with Crippen LogP contribution in [0, 0.1) is 6.92 Å². The molecule has 2 aromatic heterocycles. The normalized spacial score (nSPS) is 19.0. The van der Waals surface area contributed by atoms with Gasteiger partial charge in [0, 0.05) is 44.2 Å². The number of imidazole rings is 1. The van der Waals surface area contributed by atoms with Gasteiger partial charge in [-0.05, 0) is 19.8 Å². The van der Waals surface area contributed by atoms with Crippen molar-refractivity contribution in [3.05, 3.63) is 28.6 Å². The van der Waals surface area contributed by atoms with E-state index >= 15 is 0 Å². The van der Waals surface area contributed by atoms with Crippen LogP contribution >= 0.6 is 11.3 Å². The van der Waals surface area contributed by atoms with Crippen molar-refractivity contribution in [1.82, 2.24) is 29.5 Å². The third-order valence-corrected chi connectivity index (χ3v) is 7.13. The van der Waals surface area contributed by atoms with Gasteiger partial charge in [0.05, 0.1) is 11.3 Å². The van der Waals surface area contributed by atoms with Crippen LogP contribution in [0.4, 0.5) is 0 Å². The molecule has 3 amide bonds. The molecule has 14 heteroatoms. The molecular formula is C18H25N7O5S2. The van der Waals surface area contributed by atoms with Crippen LogP contribution in [0.1, 0.15) is 34.8 Å². The molecule has 12 nitrogen and oxygen atoms in total. The van der Waals surface area contributed by atoms with Crippen LogP contribution in [-0.2, 0) is 26.7 Å². The smallest absolute Gasteiger partial charge is 0.274 e. The van der Waals surface area contributed by atoms with Crippen LogP contribution in [-0.4, -0.2) is 70.7 Å². The molecule has 0 radical (unpaired) electrons. The van der Waals surface area contributed by atoms with E-state index in [2.05, 4.69) is 20.0 Å². The van der Waals surface area contributed by atoms with Gasteiger partial charge in [0.15, 0.2) is 5.03 Å². The maximum Gasteiger partial charge on any atom is 0.274 e. The van der Waals surface area contributed by atoms with Crippen LogP contribution in [0.3, 0.4) is 0 Å². The van der Waals surface area contributed by atoms with E-state index < -0.39 is 39.8 Å². The van der Waals surface area contributed by atoms with E-state index in [1.807, 2.05) is 0 Å². The van der Waals surface area contributed by atoms with Crippen LogP contribution in [0.5, 0.6) is 0 Å². The van der Waals surface area contributed by atoms with E-state index in [-0.39, 0.29) is 36.7 Å². The maximum absolute atomic E-state index is 13.0. The highest BCUT2D eigenvalue weighted by molar-refractivity contribution is 7.89. The standard InChI is InChI=1S/C18H25N7O5S2/c1-11-22-13(9-31-11)18(28)25-6-4-12(7-14(25)17(27)20-5-3-15(19)26)23-32(29,30)16-8-24(2)10-21-16/h8-10,12,14,23H,3-7H2,1-2H3,(H2,19,26)(H,20,27). The summed E-state index contributed by atoms with van der Waals surface area (Å²) in [6.07, 6.45) is 3.07. The van der Waals surface area contributed by atoms with E-state index in [4.69, 9.17) is 5.73 Å². The summed E-state index contributed by atoms with van der Waals surface area (Å²) in [6.45, 7) is 1.94. The quantitative estimate of drug-likeness (QED) is 0.438. The number of likely N-dealkylation sites (tertiary alicyclic amines) is 1. The number of hydrogen-bond acceptors (Lipinski definition) is 8. The molecule has 174 valence electrons. The maximum atomic E-state index is 13.0. The van der Waals surface area contributed by atoms with Crippen molar-refractivity contribution in [2.75, 3.05) is 13.1 Å². The van der Waals surface area contributed by atoms with Crippen LogP contribution in [0.15, 0.2) is 22.9 Å². The number of aromatic nitrogens is 3. The molecule has 0 bridgehead atoms. The number of thiazole rings is 1. The Morgan fingerprint density at radius 1 is 1.34 bits per heavy atom. The second kappa shape index (κ2) is 9.75. The number of nitrogens with zero attached hydrogens (tertiary/aromatic N) is 4. The summed E-state index contributed by atoms with van der Waals surface area (Å²) >= 11 is 1.32. The molecule has 2 atom stereocenters. The number of nitrogens with two attached hydrogens (primary N) is 1. The van der Waals surface area contributed by atoms with Gasteiger partial charge in [0.25, 0.3) is 15.9 Å². The van der Waals surface area contributed by atoms with Crippen molar-refractivity contribution in [2.45, 2.75) is 43.3 Å². The molecule has 0 aliphatic carbocycles. The molecule has 2 aromatic rings. The highest BCUT2D eigenvalue weighted by atomic mass is 32.2. The number of carbonyl (C=O) groups excluding carboxylic acids is 3. The lowest BCUT2D eigenvalue weighted by Gasteiger charge is -2.38. The fourth-order valence-corrected chi connectivity index (χ4v) is 5.26. The van der Waals surface area contributed by atoms with Crippen molar-refractivity contribution in [1.29, 1.82) is 0 Å². The molecule has 1 aliphatic rings. The van der Waals surface area contributed by atoms with Crippen LogP contribution < -0.4 is 15.8 Å². The lowest BCUT2D eigenvalue weighted by Crippen LogP contribution is -2.57. The van der Waals surface area contributed by atoms with E-state index in [0.717, 1.165) is 0 Å². The average Bonchev–Trinajstić information content (AvgIpc) is 3.35. The summed E-state index contributed by atoms with van der Waals surface area (Å²) < 4.78 is 29.4. The molecule has 1 saturated heterocycles. The Balaban J connectivity index is 1.77. The van der Waals surface area contributed by atoms with Gasteiger partial charge in [-0.15, -0.1) is 11.3 Å². The number of piperidine rings is 1. The number of hydrogen-bond donors (Lipinski definition) is 3. The lowest BCUT2D eigenvalue weighted by molar-refractivity contribution is -0.127. The minimum atomic E-state index is -3.89. The number of nitrogens with one attached hydrogen (secondary N) is 2. The molecule has 3 rings (SSSR count). The van der Waals surface area contributed by atoms with Gasteiger partial charge in [0.1, 0.15) is 11.7 Å². The summed E-state index contributed by atoms with van der Waals surface area (Å²) in [7, 11) is -2.24. The Hall–Kier alpha value is -2.84. The van der Waals surface area contributed by atoms with E-state index in [9.17, 15) is 22.8 Å². The van der Waals surface area contributed by atoms with Gasteiger partial charge in [-0.25, -0.2) is 23.1 Å². The van der Waals surface area contributed by atoms with E-state index in [1.165, 1.54) is 33.3 Å². The Labute approximate surface area is 189 Å². The Kier molecular flexibility index (Phi) is 7.26. The van der Waals surface area contributed by atoms with Gasteiger partial charge in [0.2, 0.25) is 11.8 Å². The van der Waals surface area contributed by atoms with Crippen LogP contribution in [0.25, 0.3) is 0 Å². The average molecular weight is 484 g/mol. The largest absolute Gasteiger partial charge is 0.370 e. The van der Waals surface area contributed by atoms with Gasteiger partial charge in [-0.2, -0.15) is 0 Å². The molecule has 0 aromatic carbocycles. The van der Waals surface area contributed by atoms with Crippen molar-refractivity contribution in [3.8, 4) is 0 Å². The van der Waals surface area contributed by atoms with Gasteiger partial charge in [-0.1, -0.05) is 0 Å². The zero-order chi connectivity index (χ0) is 23.5. The third kappa shape index (κ3) is 5.69. The van der Waals surface area contributed by atoms with E-state index in [1.54, 1.807) is 19.4 Å². The highest BCUT2D eigenvalue weighted by Gasteiger charge is 2.38. The first-order valence-corrected chi connectivity index (χ1v) is 12.2. The van der Waals surface area contributed by atoms with Gasteiger partial charge >= 0.3 is 0 Å². The summed E-state index contributed by atoms with van der Waals surface area (Å²) in [6, 6.07) is -1.53. The first-order chi connectivity index (χ1) is 15.1. The van der Waals surface area contributed by atoms with Gasteiger partial charge < -0.3 is 20.5 Å². The minimum absolute atomic E-state index is 0.0207. The molecular weight excluding hydrogens is 458 g/mol. The lowest BCUT2D eigenvalue weighted by atomic mass is 9.96. The van der Waals surface area contributed by atoms with Crippen LogP contribution in [0.2, 0.25) is 0 Å².